The Morgan fingerprint density at radius 3 is 2.35 bits per heavy atom. The van der Waals surface area contributed by atoms with Gasteiger partial charge in [0.15, 0.2) is 5.92 Å². The van der Waals surface area contributed by atoms with E-state index in [4.69, 9.17) is 4.74 Å². The number of carbonyl (C=O) groups is 3. The van der Waals surface area contributed by atoms with E-state index in [-0.39, 0.29) is 11.1 Å². The molecule has 2 aromatic carbocycles. The number of methoxy groups -OCH3 is 1. The number of aliphatic carboxylic acids is 1. The maximum atomic E-state index is 13.2. The summed E-state index contributed by atoms with van der Waals surface area (Å²) in [5.41, 5.74) is -0.597. The van der Waals surface area contributed by atoms with Crippen molar-refractivity contribution in [3.05, 3.63) is 59.2 Å². The maximum absolute atomic E-state index is 13.2. The molecular formula is C21H19F3N2O5. The van der Waals surface area contributed by atoms with Gasteiger partial charge in [0, 0.05) is 12.2 Å². The van der Waals surface area contributed by atoms with E-state index >= 15 is 0 Å². The Balaban J connectivity index is 1.99. The van der Waals surface area contributed by atoms with Gasteiger partial charge in [-0.15, -0.1) is 0 Å². The number of alkyl halides is 3. The van der Waals surface area contributed by atoms with Crippen molar-refractivity contribution < 1.29 is 37.4 Å². The van der Waals surface area contributed by atoms with Gasteiger partial charge in [0.05, 0.1) is 19.2 Å². The highest BCUT2D eigenvalue weighted by Gasteiger charge is 2.44. The Morgan fingerprint density at radius 2 is 1.81 bits per heavy atom. The zero-order valence-corrected chi connectivity index (χ0v) is 16.6. The van der Waals surface area contributed by atoms with Crippen molar-refractivity contribution in [1.29, 1.82) is 0 Å². The highest BCUT2D eigenvalue weighted by atomic mass is 19.4. The number of carboxylic acids is 1. The van der Waals surface area contributed by atoms with Crippen molar-refractivity contribution >= 4 is 23.6 Å². The molecule has 31 heavy (non-hydrogen) atoms. The lowest BCUT2D eigenvalue weighted by molar-refractivity contribution is -0.150. The number of urea groups is 1. The number of carbonyl (C=O) groups excluding carboxylic acids is 2. The molecule has 1 aliphatic heterocycles. The number of ether oxygens (including phenoxy) is 1. The van der Waals surface area contributed by atoms with Crippen molar-refractivity contribution in [1.82, 2.24) is 4.90 Å². The van der Waals surface area contributed by atoms with Crippen molar-refractivity contribution in [2.24, 2.45) is 5.92 Å². The number of hydrogen-bond donors (Lipinski definition) is 1. The molecule has 1 N–H and O–H groups in total. The van der Waals surface area contributed by atoms with Gasteiger partial charge < -0.3 is 9.84 Å². The molecule has 1 unspecified atom stereocenters. The van der Waals surface area contributed by atoms with E-state index in [0.717, 1.165) is 11.0 Å². The second kappa shape index (κ2) is 8.29. The molecule has 1 fully saturated rings. The Kier molecular flexibility index (Phi) is 5.92. The summed E-state index contributed by atoms with van der Waals surface area (Å²) in [6, 6.07) is 8.82. The van der Waals surface area contributed by atoms with Crippen molar-refractivity contribution in [2.75, 3.05) is 18.6 Å². The lowest BCUT2D eigenvalue weighted by Gasteiger charge is -2.37. The number of carboxylic acid groups (broad SMARTS) is 1. The molecule has 1 atom stereocenters. The number of halogens is 3. The molecule has 10 heteroatoms. The van der Waals surface area contributed by atoms with Gasteiger partial charge in [0.1, 0.15) is 5.75 Å². The van der Waals surface area contributed by atoms with Gasteiger partial charge in [-0.05, 0) is 48.4 Å². The third-order valence-electron chi connectivity index (χ3n) is 5.15. The van der Waals surface area contributed by atoms with E-state index in [9.17, 15) is 32.7 Å². The second-order valence-electron chi connectivity index (χ2n) is 6.99. The predicted octanol–water partition coefficient (Wildman–Crippen LogP) is 3.69. The molecule has 0 spiro atoms. The fraction of sp³-hybridized carbons (Fsp3) is 0.286. The zero-order chi connectivity index (χ0) is 22.9. The summed E-state index contributed by atoms with van der Waals surface area (Å²) < 4.78 is 44.7. The molecule has 0 aromatic heterocycles. The van der Waals surface area contributed by atoms with E-state index in [1.54, 1.807) is 12.1 Å². The minimum atomic E-state index is -4.60. The van der Waals surface area contributed by atoms with Crippen LogP contribution in [0.15, 0.2) is 42.5 Å². The van der Waals surface area contributed by atoms with Crippen LogP contribution in [0, 0.1) is 12.8 Å². The van der Waals surface area contributed by atoms with E-state index in [2.05, 4.69) is 0 Å². The summed E-state index contributed by atoms with van der Waals surface area (Å²) in [6.45, 7) is 0.369. The normalized spacial score (nSPS) is 17.1. The Bertz CT molecular complexity index is 1020. The van der Waals surface area contributed by atoms with Gasteiger partial charge in [0.25, 0.3) is 0 Å². The largest absolute Gasteiger partial charge is 0.497 e. The standard InChI is InChI=1S/C21H19F3N2O5/c1-12-13(4-3-5-17(12)21(22,23)24)10-26-18(27)16(19(28)29)11-25(20(26)30)14-6-8-15(31-2)9-7-14/h3-9,16H,10-11H2,1-2H3,(H,28,29). The number of amides is 3. The van der Waals surface area contributed by atoms with Gasteiger partial charge in [-0.2, -0.15) is 13.2 Å². The van der Waals surface area contributed by atoms with Crippen LogP contribution >= 0.6 is 0 Å². The van der Waals surface area contributed by atoms with Gasteiger partial charge in [-0.25, -0.2) is 4.79 Å². The van der Waals surface area contributed by atoms with Crippen LogP contribution in [0.3, 0.4) is 0 Å². The summed E-state index contributed by atoms with van der Waals surface area (Å²) in [5.74, 6) is -3.44. The molecule has 1 heterocycles. The molecule has 0 saturated carbocycles. The average Bonchev–Trinajstić information content (AvgIpc) is 2.71. The van der Waals surface area contributed by atoms with Crippen molar-refractivity contribution in [3.8, 4) is 5.75 Å². The van der Waals surface area contributed by atoms with Crippen LogP contribution < -0.4 is 9.64 Å². The molecule has 7 nitrogen and oxygen atoms in total. The van der Waals surface area contributed by atoms with Crippen LogP contribution in [0.25, 0.3) is 0 Å². The number of anilines is 1. The van der Waals surface area contributed by atoms with Crippen molar-refractivity contribution in [3.63, 3.8) is 0 Å². The third-order valence-corrected chi connectivity index (χ3v) is 5.15. The van der Waals surface area contributed by atoms with Crippen LogP contribution in [0.2, 0.25) is 0 Å². The van der Waals surface area contributed by atoms with Crippen LogP contribution in [0.5, 0.6) is 5.75 Å². The summed E-state index contributed by atoms with van der Waals surface area (Å²) in [6.07, 6.45) is -4.60. The van der Waals surface area contributed by atoms with Gasteiger partial charge in [-0.1, -0.05) is 12.1 Å². The van der Waals surface area contributed by atoms with Crippen LogP contribution in [0.4, 0.5) is 23.7 Å². The predicted molar refractivity (Wildman–Crippen MR) is 104 cm³/mol. The SMILES string of the molecule is COc1ccc(N2CC(C(=O)O)C(=O)N(Cc3cccc(C(F)(F)F)c3C)C2=O)cc1. The molecule has 1 aliphatic rings. The summed E-state index contributed by atoms with van der Waals surface area (Å²) in [4.78, 5) is 39.2. The average molecular weight is 436 g/mol. The molecule has 2 aromatic rings. The molecule has 0 aliphatic carbocycles. The Morgan fingerprint density at radius 1 is 1.16 bits per heavy atom. The maximum Gasteiger partial charge on any atom is 0.416 e. The summed E-state index contributed by atoms with van der Waals surface area (Å²) in [7, 11) is 1.46. The second-order valence-corrected chi connectivity index (χ2v) is 6.99. The molecule has 0 radical (unpaired) electrons. The minimum absolute atomic E-state index is 0.0947. The first-order valence-electron chi connectivity index (χ1n) is 9.20. The lowest BCUT2D eigenvalue weighted by Crippen LogP contribution is -2.58. The molecule has 0 bridgehead atoms. The van der Waals surface area contributed by atoms with Crippen LogP contribution in [-0.2, 0) is 22.3 Å². The first kappa shape index (κ1) is 22.1. The number of rotatable bonds is 5. The van der Waals surface area contributed by atoms with E-state index in [1.165, 1.54) is 38.3 Å². The minimum Gasteiger partial charge on any atom is -0.497 e. The van der Waals surface area contributed by atoms with Crippen LogP contribution in [0.1, 0.15) is 16.7 Å². The topological polar surface area (TPSA) is 87.2 Å². The molecule has 164 valence electrons. The number of nitrogens with zero attached hydrogens (tertiary/aromatic N) is 2. The first-order chi connectivity index (χ1) is 14.5. The Hall–Kier alpha value is -3.56. The molecular weight excluding hydrogens is 417 g/mol. The van der Waals surface area contributed by atoms with E-state index in [1.807, 2.05) is 0 Å². The third kappa shape index (κ3) is 4.32. The number of benzene rings is 2. The van der Waals surface area contributed by atoms with Gasteiger partial charge in [0.2, 0.25) is 5.91 Å². The quantitative estimate of drug-likeness (QED) is 0.723. The summed E-state index contributed by atoms with van der Waals surface area (Å²) in [5, 5.41) is 9.48. The van der Waals surface area contributed by atoms with Gasteiger partial charge in [-0.3, -0.25) is 19.4 Å². The Labute approximate surface area is 175 Å². The fourth-order valence-corrected chi connectivity index (χ4v) is 3.41. The van der Waals surface area contributed by atoms with Crippen LogP contribution in [-0.4, -0.2) is 41.6 Å². The first-order valence-corrected chi connectivity index (χ1v) is 9.20. The smallest absolute Gasteiger partial charge is 0.416 e. The monoisotopic (exact) mass is 436 g/mol. The molecule has 3 rings (SSSR count). The lowest BCUT2D eigenvalue weighted by atomic mass is 9.99. The van der Waals surface area contributed by atoms with E-state index in [0.29, 0.717) is 16.3 Å². The fourth-order valence-electron chi connectivity index (χ4n) is 3.41. The highest BCUT2D eigenvalue weighted by molar-refractivity contribution is 6.12. The molecule has 1 saturated heterocycles. The zero-order valence-electron chi connectivity index (χ0n) is 16.6. The highest BCUT2D eigenvalue weighted by Crippen LogP contribution is 2.34. The van der Waals surface area contributed by atoms with Crippen molar-refractivity contribution in [2.45, 2.75) is 19.6 Å². The van der Waals surface area contributed by atoms with E-state index < -0.39 is 48.7 Å². The summed E-state index contributed by atoms with van der Waals surface area (Å²) >= 11 is 0. The van der Waals surface area contributed by atoms with Gasteiger partial charge >= 0.3 is 18.2 Å². The molecule has 3 amide bonds. The number of hydrogen-bond acceptors (Lipinski definition) is 4. The number of imide groups is 1.